The first kappa shape index (κ1) is 24.9. The summed E-state index contributed by atoms with van der Waals surface area (Å²) < 4.78 is 17.1. The number of carbonyl (C=O) groups excluding carboxylic acids is 2. The molecule has 0 spiro atoms. The average Bonchev–Trinajstić information content (AvgIpc) is 2.92. The molecule has 1 fully saturated rings. The monoisotopic (exact) mass is 489 g/mol. The molecule has 36 heavy (non-hydrogen) atoms. The number of hydrogen-bond donors (Lipinski definition) is 2. The molecule has 0 saturated carbocycles. The van der Waals surface area contributed by atoms with Crippen LogP contribution in [0.2, 0.25) is 0 Å². The zero-order valence-electron chi connectivity index (χ0n) is 20.5. The Bertz CT molecular complexity index is 1140. The molecule has 0 aliphatic carbocycles. The summed E-state index contributed by atoms with van der Waals surface area (Å²) in [4.78, 5) is 27.3. The number of likely N-dealkylation sites (tertiary alicyclic amines) is 1. The van der Waals surface area contributed by atoms with Crippen molar-refractivity contribution in [3.05, 3.63) is 83.9 Å². The summed E-state index contributed by atoms with van der Waals surface area (Å²) in [5, 5.41) is 5.82. The highest BCUT2D eigenvalue weighted by Crippen LogP contribution is 2.39. The number of nitrogens with one attached hydrogen (secondary N) is 2. The summed E-state index contributed by atoms with van der Waals surface area (Å²) in [6.07, 6.45) is 1.33. The molecule has 0 atom stereocenters. The van der Waals surface area contributed by atoms with Crippen molar-refractivity contribution >= 4 is 17.6 Å². The summed E-state index contributed by atoms with van der Waals surface area (Å²) in [5.74, 6) is 1.20. The summed E-state index contributed by atoms with van der Waals surface area (Å²) in [7, 11) is 3.08. The predicted molar refractivity (Wildman–Crippen MR) is 138 cm³/mol. The van der Waals surface area contributed by atoms with Gasteiger partial charge in [0.15, 0.2) is 11.5 Å². The third-order valence-electron chi connectivity index (χ3n) is 6.08. The molecule has 1 aliphatic heterocycles. The lowest BCUT2D eigenvalue weighted by Crippen LogP contribution is -2.47. The van der Waals surface area contributed by atoms with Crippen LogP contribution < -0.4 is 24.8 Å². The van der Waals surface area contributed by atoms with Crippen LogP contribution in [-0.4, -0.2) is 50.2 Å². The third kappa shape index (κ3) is 6.27. The highest BCUT2D eigenvalue weighted by Gasteiger charge is 2.26. The van der Waals surface area contributed by atoms with Crippen LogP contribution in [0.3, 0.4) is 0 Å². The molecule has 0 unspecified atom stereocenters. The van der Waals surface area contributed by atoms with Gasteiger partial charge in [-0.2, -0.15) is 0 Å². The van der Waals surface area contributed by atoms with E-state index in [1.807, 2.05) is 60.7 Å². The van der Waals surface area contributed by atoms with Crippen LogP contribution in [0, 0.1) is 0 Å². The van der Waals surface area contributed by atoms with Gasteiger partial charge >= 0.3 is 6.03 Å². The second-order valence-corrected chi connectivity index (χ2v) is 8.52. The van der Waals surface area contributed by atoms with E-state index in [0.717, 1.165) is 11.3 Å². The fourth-order valence-electron chi connectivity index (χ4n) is 4.16. The largest absolute Gasteiger partial charge is 0.493 e. The number of ether oxygens (including phenoxy) is 3. The molecule has 1 heterocycles. The van der Waals surface area contributed by atoms with Crippen LogP contribution in [0.15, 0.2) is 72.8 Å². The maximum atomic E-state index is 13.3. The van der Waals surface area contributed by atoms with Gasteiger partial charge in [-0.1, -0.05) is 48.5 Å². The highest BCUT2D eigenvalue weighted by molar-refractivity contribution is 5.96. The Balaban J connectivity index is 1.36. The van der Waals surface area contributed by atoms with E-state index in [9.17, 15) is 9.59 Å². The van der Waals surface area contributed by atoms with Crippen LogP contribution in [-0.2, 0) is 6.61 Å². The van der Waals surface area contributed by atoms with Crippen LogP contribution in [0.1, 0.15) is 28.8 Å². The van der Waals surface area contributed by atoms with Gasteiger partial charge in [-0.15, -0.1) is 0 Å². The minimum Gasteiger partial charge on any atom is -0.493 e. The zero-order valence-corrected chi connectivity index (χ0v) is 20.5. The van der Waals surface area contributed by atoms with E-state index in [4.69, 9.17) is 14.2 Å². The van der Waals surface area contributed by atoms with Gasteiger partial charge in [0.2, 0.25) is 5.75 Å². The molecule has 188 valence electrons. The Morgan fingerprint density at radius 3 is 2.06 bits per heavy atom. The van der Waals surface area contributed by atoms with Crippen molar-refractivity contribution in [1.29, 1.82) is 0 Å². The fraction of sp³-hybridized carbons (Fsp3) is 0.286. The molecule has 0 bridgehead atoms. The Labute approximate surface area is 211 Å². The summed E-state index contributed by atoms with van der Waals surface area (Å²) in [5.41, 5.74) is 2.21. The predicted octanol–water partition coefficient (Wildman–Crippen LogP) is 4.71. The normalized spacial score (nSPS) is 13.6. The quantitative estimate of drug-likeness (QED) is 0.478. The van der Waals surface area contributed by atoms with Crippen LogP contribution in [0.25, 0.3) is 0 Å². The van der Waals surface area contributed by atoms with Crippen molar-refractivity contribution in [2.45, 2.75) is 25.5 Å². The lowest BCUT2D eigenvalue weighted by molar-refractivity contribution is 0.0708. The van der Waals surface area contributed by atoms with Crippen LogP contribution >= 0.6 is 0 Å². The van der Waals surface area contributed by atoms with E-state index < -0.39 is 0 Å². The SMILES string of the molecule is COc1cc(C(=O)N2CCC(NC(=O)Nc3ccccc3)CC2)cc(OC)c1OCc1ccccc1. The first-order valence-corrected chi connectivity index (χ1v) is 11.9. The molecular formula is C28H31N3O5. The third-order valence-corrected chi connectivity index (χ3v) is 6.08. The van der Waals surface area contributed by atoms with Crippen molar-refractivity contribution in [3.8, 4) is 17.2 Å². The van der Waals surface area contributed by atoms with E-state index in [0.29, 0.717) is 55.4 Å². The van der Waals surface area contributed by atoms with Gasteiger partial charge in [0.1, 0.15) is 6.61 Å². The van der Waals surface area contributed by atoms with Gasteiger partial charge in [0.25, 0.3) is 5.91 Å². The molecule has 4 rings (SSSR count). The maximum absolute atomic E-state index is 13.3. The standard InChI is InChI=1S/C28H31N3O5/c1-34-24-17-21(18-25(35-2)26(24)36-19-20-9-5-3-6-10-20)27(32)31-15-13-23(14-16-31)30-28(33)29-22-11-7-4-8-12-22/h3-12,17-18,23H,13-16,19H2,1-2H3,(H2,29,30,33). The summed E-state index contributed by atoms with van der Waals surface area (Å²) >= 11 is 0. The van der Waals surface area contributed by atoms with Crippen molar-refractivity contribution < 1.29 is 23.8 Å². The molecule has 0 radical (unpaired) electrons. The van der Waals surface area contributed by atoms with Crippen LogP contribution in [0.4, 0.5) is 10.5 Å². The van der Waals surface area contributed by atoms with Gasteiger partial charge in [0.05, 0.1) is 14.2 Å². The molecule has 0 aromatic heterocycles. The van der Waals surface area contributed by atoms with Crippen molar-refractivity contribution in [2.75, 3.05) is 32.6 Å². The van der Waals surface area contributed by atoms with Crippen molar-refractivity contribution in [2.24, 2.45) is 0 Å². The number of methoxy groups -OCH3 is 2. The fourth-order valence-corrected chi connectivity index (χ4v) is 4.16. The number of carbonyl (C=O) groups is 2. The molecule has 2 N–H and O–H groups in total. The van der Waals surface area contributed by atoms with E-state index in [1.54, 1.807) is 17.0 Å². The average molecular weight is 490 g/mol. The number of amides is 3. The highest BCUT2D eigenvalue weighted by atomic mass is 16.5. The van der Waals surface area contributed by atoms with E-state index in [2.05, 4.69) is 10.6 Å². The van der Waals surface area contributed by atoms with Gasteiger partial charge in [-0.3, -0.25) is 4.79 Å². The Morgan fingerprint density at radius 1 is 0.889 bits per heavy atom. The number of hydrogen-bond acceptors (Lipinski definition) is 5. The molecule has 8 nitrogen and oxygen atoms in total. The first-order chi connectivity index (χ1) is 17.6. The van der Waals surface area contributed by atoms with Gasteiger partial charge < -0.3 is 29.7 Å². The van der Waals surface area contributed by atoms with Crippen molar-refractivity contribution in [3.63, 3.8) is 0 Å². The Kier molecular flexibility index (Phi) is 8.28. The summed E-state index contributed by atoms with van der Waals surface area (Å²) in [6, 6.07) is 22.2. The molecule has 1 aliphatic rings. The topological polar surface area (TPSA) is 89.1 Å². The molecular weight excluding hydrogens is 458 g/mol. The van der Waals surface area contributed by atoms with Gasteiger partial charge in [-0.05, 0) is 42.7 Å². The number of para-hydroxylation sites is 1. The lowest BCUT2D eigenvalue weighted by atomic mass is 10.0. The number of benzene rings is 3. The number of urea groups is 1. The second-order valence-electron chi connectivity index (χ2n) is 8.52. The smallest absolute Gasteiger partial charge is 0.319 e. The lowest BCUT2D eigenvalue weighted by Gasteiger charge is -2.32. The summed E-state index contributed by atoms with van der Waals surface area (Å²) in [6.45, 7) is 1.41. The molecule has 3 aromatic carbocycles. The van der Waals surface area contributed by atoms with E-state index >= 15 is 0 Å². The Morgan fingerprint density at radius 2 is 1.47 bits per heavy atom. The van der Waals surface area contributed by atoms with E-state index in [1.165, 1.54) is 14.2 Å². The van der Waals surface area contributed by atoms with Crippen LogP contribution in [0.5, 0.6) is 17.2 Å². The maximum Gasteiger partial charge on any atom is 0.319 e. The minimum absolute atomic E-state index is 0.00408. The number of rotatable bonds is 8. The zero-order chi connectivity index (χ0) is 25.3. The molecule has 1 saturated heterocycles. The number of piperidine rings is 1. The first-order valence-electron chi connectivity index (χ1n) is 11.9. The number of nitrogens with zero attached hydrogens (tertiary/aromatic N) is 1. The number of anilines is 1. The van der Waals surface area contributed by atoms with E-state index in [-0.39, 0.29) is 18.0 Å². The minimum atomic E-state index is -0.244. The molecule has 8 heteroatoms. The van der Waals surface area contributed by atoms with Crippen molar-refractivity contribution in [1.82, 2.24) is 10.2 Å². The second kappa shape index (κ2) is 12.0. The molecule has 3 amide bonds. The van der Waals surface area contributed by atoms with Gasteiger partial charge in [-0.25, -0.2) is 4.79 Å². The Hall–Kier alpha value is -4.20. The van der Waals surface area contributed by atoms with Gasteiger partial charge in [0, 0.05) is 30.4 Å². The molecule has 3 aromatic rings.